The molecule has 0 aliphatic rings. The van der Waals surface area contributed by atoms with Crippen molar-refractivity contribution in [3.63, 3.8) is 0 Å². The maximum Gasteiger partial charge on any atom is 0.323 e. The van der Waals surface area contributed by atoms with Crippen molar-refractivity contribution in [1.29, 1.82) is 0 Å². The average molecular weight is 230 g/mol. The van der Waals surface area contributed by atoms with E-state index in [4.69, 9.17) is 10.8 Å². The summed E-state index contributed by atoms with van der Waals surface area (Å²) in [5.74, 6) is -1.00. The molecule has 0 aliphatic carbocycles. The van der Waals surface area contributed by atoms with Crippen LogP contribution in [0, 0.1) is 0 Å². The average Bonchev–Trinajstić information content (AvgIpc) is 2.28. The van der Waals surface area contributed by atoms with E-state index in [0.29, 0.717) is 0 Å². The van der Waals surface area contributed by atoms with Gasteiger partial charge in [0.05, 0.1) is 5.52 Å². The molecule has 0 radical (unpaired) electrons. The number of aromatic nitrogens is 1. The second kappa shape index (κ2) is 4.14. The lowest BCUT2D eigenvalue weighted by molar-refractivity contribution is -0.142. The fourth-order valence-corrected chi connectivity index (χ4v) is 1.72. The van der Waals surface area contributed by atoms with Crippen LogP contribution in [0.1, 0.15) is 12.5 Å². The molecule has 0 unspecified atom stereocenters. The van der Waals surface area contributed by atoms with Gasteiger partial charge in [0.25, 0.3) is 0 Å². The van der Waals surface area contributed by atoms with Crippen LogP contribution in [0.3, 0.4) is 0 Å². The van der Waals surface area contributed by atoms with Crippen LogP contribution in [0.15, 0.2) is 36.5 Å². The first-order chi connectivity index (χ1) is 7.99. The zero-order valence-electron chi connectivity index (χ0n) is 9.55. The molecule has 1 aromatic heterocycles. The van der Waals surface area contributed by atoms with Crippen molar-refractivity contribution in [3.8, 4) is 0 Å². The van der Waals surface area contributed by atoms with E-state index >= 15 is 0 Å². The van der Waals surface area contributed by atoms with E-state index in [1.54, 1.807) is 6.20 Å². The van der Waals surface area contributed by atoms with Crippen LogP contribution >= 0.6 is 0 Å². The number of pyridine rings is 1. The molecule has 4 heteroatoms. The third kappa shape index (κ3) is 2.42. The molecule has 3 N–H and O–H groups in total. The summed E-state index contributed by atoms with van der Waals surface area (Å²) in [6.07, 6.45) is 2.00. The van der Waals surface area contributed by atoms with Crippen LogP contribution in [0.25, 0.3) is 10.9 Å². The molecular formula is C13H14N2O2. The molecule has 1 aromatic carbocycles. The monoisotopic (exact) mass is 230 g/mol. The Morgan fingerprint density at radius 2 is 2.24 bits per heavy atom. The lowest BCUT2D eigenvalue weighted by Crippen LogP contribution is -2.46. The summed E-state index contributed by atoms with van der Waals surface area (Å²) in [5, 5.41) is 10.0. The number of hydrogen-bond donors (Lipinski definition) is 2. The van der Waals surface area contributed by atoms with Crippen LogP contribution in [0.5, 0.6) is 0 Å². The number of aliphatic carboxylic acids is 1. The number of carboxylic acids is 1. The summed E-state index contributed by atoms with van der Waals surface area (Å²) in [6.45, 7) is 1.51. The number of nitrogens with zero attached hydrogens (tertiary/aromatic N) is 1. The molecule has 0 spiro atoms. The zero-order chi connectivity index (χ0) is 12.5. The van der Waals surface area contributed by atoms with Gasteiger partial charge in [-0.1, -0.05) is 18.2 Å². The van der Waals surface area contributed by atoms with Crippen molar-refractivity contribution >= 4 is 16.9 Å². The van der Waals surface area contributed by atoms with Gasteiger partial charge >= 0.3 is 5.97 Å². The molecule has 2 rings (SSSR count). The minimum absolute atomic E-state index is 0.287. The molecule has 1 heterocycles. The number of nitrogens with two attached hydrogens (primary N) is 1. The predicted molar refractivity (Wildman–Crippen MR) is 65.7 cm³/mol. The van der Waals surface area contributed by atoms with Gasteiger partial charge in [-0.25, -0.2) is 0 Å². The molecule has 2 aromatic rings. The smallest absolute Gasteiger partial charge is 0.323 e. The SMILES string of the molecule is C[C@@](N)(Cc1ccc2cccnc2c1)C(=O)O. The molecule has 88 valence electrons. The molecular weight excluding hydrogens is 216 g/mol. The summed E-state index contributed by atoms with van der Waals surface area (Å²) < 4.78 is 0. The Bertz CT molecular complexity index is 564. The molecule has 1 atom stereocenters. The standard InChI is InChI=1S/C13H14N2O2/c1-13(14,12(16)17)8-9-4-5-10-3-2-6-15-11(10)7-9/h2-7H,8,14H2,1H3,(H,16,17)/t13-/m1/s1. The quantitative estimate of drug-likeness (QED) is 0.839. The molecule has 0 saturated heterocycles. The number of fused-ring (bicyclic) bond motifs is 1. The van der Waals surface area contributed by atoms with E-state index in [0.717, 1.165) is 16.5 Å². The van der Waals surface area contributed by atoms with E-state index in [2.05, 4.69) is 4.98 Å². The van der Waals surface area contributed by atoms with Crippen LogP contribution in [-0.2, 0) is 11.2 Å². The molecule has 17 heavy (non-hydrogen) atoms. The van der Waals surface area contributed by atoms with Gasteiger partial charge in [0.2, 0.25) is 0 Å². The minimum Gasteiger partial charge on any atom is -0.480 e. The maximum absolute atomic E-state index is 10.9. The Labute approximate surface area is 99.1 Å². The first-order valence-corrected chi connectivity index (χ1v) is 5.35. The van der Waals surface area contributed by atoms with Crippen molar-refractivity contribution in [2.24, 2.45) is 5.73 Å². The molecule has 0 amide bonds. The summed E-state index contributed by atoms with van der Waals surface area (Å²) in [7, 11) is 0. The van der Waals surface area contributed by atoms with E-state index in [9.17, 15) is 4.79 Å². The summed E-state index contributed by atoms with van der Waals surface area (Å²) in [6, 6.07) is 9.52. The van der Waals surface area contributed by atoms with Gasteiger partial charge in [0.15, 0.2) is 0 Å². The van der Waals surface area contributed by atoms with Gasteiger partial charge in [-0.2, -0.15) is 0 Å². The lowest BCUT2D eigenvalue weighted by Gasteiger charge is -2.19. The van der Waals surface area contributed by atoms with Crippen LogP contribution in [0.4, 0.5) is 0 Å². The van der Waals surface area contributed by atoms with E-state index in [1.165, 1.54) is 6.92 Å². The molecule has 4 nitrogen and oxygen atoms in total. The van der Waals surface area contributed by atoms with E-state index < -0.39 is 11.5 Å². The fourth-order valence-electron chi connectivity index (χ4n) is 1.72. The van der Waals surface area contributed by atoms with Crippen molar-refractivity contribution in [3.05, 3.63) is 42.1 Å². The van der Waals surface area contributed by atoms with Gasteiger partial charge in [0.1, 0.15) is 5.54 Å². The highest BCUT2D eigenvalue weighted by Crippen LogP contribution is 2.17. The van der Waals surface area contributed by atoms with Gasteiger partial charge in [0, 0.05) is 18.0 Å². The summed E-state index contributed by atoms with van der Waals surface area (Å²) in [4.78, 5) is 15.2. The van der Waals surface area contributed by atoms with Gasteiger partial charge < -0.3 is 10.8 Å². The number of hydrogen-bond acceptors (Lipinski definition) is 3. The molecule has 0 fully saturated rings. The van der Waals surface area contributed by atoms with Gasteiger partial charge in [-0.3, -0.25) is 9.78 Å². The minimum atomic E-state index is -1.25. The third-order valence-electron chi connectivity index (χ3n) is 2.73. The first-order valence-electron chi connectivity index (χ1n) is 5.35. The Kier molecular flexibility index (Phi) is 2.81. The third-order valence-corrected chi connectivity index (χ3v) is 2.73. The van der Waals surface area contributed by atoms with Crippen molar-refractivity contribution < 1.29 is 9.90 Å². The van der Waals surface area contributed by atoms with Crippen LogP contribution < -0.4 is 5.73 Å². The van der Waals surface area contributed by atoms with Gasteiger partial charge in [-0.15, -0.1) is 0 Å². The van der Waals surface area contributed by atoms with Crippen LogP contribution in [0.2, 0.25) is 0 Å². The zero-order valence-corrected chi connectivity index (χ0v) is 9.55. The Hall–Kier alpha value is -1.94. The first kappa shape index (κ1) is 11.5. The highest BCUT2D eigenvalue weighted by molar-refractivity contribution is 5.80. The Morgan fingerprint density at radius 3 is 2.94 bits per heavy atom. The number of carboxylic acid groups (broad SMARTS) is 1. The maximum atomic E-state index is 10.9. The second-order valence-electron chi connectivity index (χ2n) is 4.43. The summed E-state index contributed by atoms with van der Waals surface area (Å²) >= 11 is 0. The predicted octanol–water partition coefficient (Wildman–Crippen LogP) is 1.58. The second-order valence-corrected chi connectivity index (χ2v) is 4.43. The van der Waals surface area contributed by atoms with Crippen molar-refractivity contribution in [2.75, 3.05) is 0 Å². The van der Waals surface area contributed by atoms with Gasteiger partial charge in [-0.05, 0) is 24.6 Å². The van der Waals surface area contributed by atoms with Crippen molar-refractivity contribution in [1.82, 2.24) is 4.98 Å². The van der Waals surface area contributed by atoms with Crippen LogP contribution in [-0.4, -0.2) is 21.6 Å². The molecule has 0 saturated carbocycles. The lowest BCUT2D eigenvalue weighted by atomic mass is 9.93. The molecule has 0 bridgehead atoms. The Morgan fingerprint density at radius 1 is 1.47 bits per heavy atom. The fraction of sp³-hybridized carbons (Fsp3) is 0.231. The summed E-state index contributed by atoms with van der Waals surface area (Å²) in [5.41, 5.74) is 6.20. The number of carbonyl (C=O) groups is 1. The number of rotatable bonds is 3. The topological polar surface area (TPSA) is 76.2 Å². The van der Waals surface area contributed by atoms with E-state index in [1.807, 2.05) is 30.3 Å². The largest absolute Gasteiger partial charge is 0.480 e. The van der Waals surface area contributed by atoms with E-state index in [-0.39, 0.29) is 6.42 Å². The highest BCUT2D eigenvalue weighted by Gasteiger charge is 2.28. The highest BCUT2D eigenvalue weighted by atomic mass is 16.4. The molecule has 0 aliphatic heterocycles. The normalized spacial score (nSPS) is 14.5. The Balaban J connectivity index is 2.34. The number of benzene rings is 1. The van der Waals surface area contributed by atoms with Crippen molar-refractivity contribution in [2.45, 2.75) is 18.9 Å².